The number of rotatable bonds is 33. The van der Waals surface area contributed by atoms with Gasteiger partial charge in [-0.15, -0.1) is 0 Å². The Hall–Kier alpha value is -1.76. The van der Waals surface area contributed by atoms with Crippen LogP contribution in [0, 0.1) is 0 Å². The number of hydrogen-bond acceptors (Lipinski definition) is 15. The van der Waals surface area contributed by atoms with E-state index in [0.29, 0.717) is 12.8 Å². The Morgan fingerprint density at radius 2 is 0.983 bits per heavy atom. The van der Waals surface area contributed by atoms with Crippen molar-refractivity contribution in [3.63, 3.8) is 0 Å². The second kappa shape index (κ2) is 32.0. The van der Waals surface area contributed by atoms with Gasteiger partial charge in [-0.25, -0.2) is 0 Å². The third kappa shape index (κ3) is 21.2. The number of aliphatic hydroxyl groups excluding tert-OH is 7. The summed E-state index contributed by atoms with van der Waals surface area (Å²) in [5.74, 6) is -0.935. The first-order valence-corrected chi connectivity index (χ1v) is 22.3. The quantitative estimate of drug-likeness (QED) is 0.0278. The SMILES string of the molecule is CCCCCC/C=C/CCCCCCCCCC(=O)OC[C@H](CO[C@@H]1O[C@H](CO[C@@H]2O[C@H](CO)[C@H](O)C(O)C2O)[C@H](O)C(O)C1O)OC(=O)CCCCCCCCC. The molecule has 15 nitrogen and oxygen atoms in total. The highest BCUT2D eigenvalue weighted by Crippen LogP contribution is 2.26. The smallest absolute Gasteiger partial charge is 0.306 e. The molecule has 0 aromatic rings. The van der Waals surface area contributed by atoms with Crippen LogP contribution < -0.4 is 0 Å². The van der Waals surface area contributed by atoms with Gasteiger partial charge in [-0.2, -0.15) is 0 Å². The molecule has 11 atom stereocenters. The highest BCUT2D eigenvalue weighted by Gasteiger charge is 2.47. The lowest BCUT2D eigenvalue weighted by Gasteiger charge is -2.42. The molecular formula is C43H78O15. The molecule has 2 heterocycles. The summed E-state index contributed by atoms with van der Waals surface area (Å²) in [5.41, 5.74) is 0. The number of aliphatic hydroxyl groups is 7. The first kappa shape index (κ1) is 52.4. The van der Waals surface area contributed by atoms with Crippen LogP contribution in [0.3, 0.4) is 0 Å². The summed E-state index contributed by atoms with van der Waals surface area (Å²) < 4.78 is 33.3. The average Bonchev–Trinajstić information content (AvgIpc) is 3.21. The van der Waals surface area contributed by atoms with Crippen molar-refractivity contribution in [2.75, 3.05) is 26.4 Å². The number of esters is 2. The van der Waals surface area contributed by atoms with Gasteiger partial charge in [0.05, 0.1) is 19.8 Å². The van der Waals surface area contributed by atoms with Crippen molar-refractivity contribution in [3.8, 4) is 0 Å². The molecule has 0 spiro atoms. The predicted molar refractivity (Wildman–Crippen MR) is 215 cm³/mol. The van der Waals surface area contributed by atoms with E-state index in [-0.39, 0.29) is 26.1 Å². The van der Waals surface area contributed by atoms with Crippen LogP contribution in [0.4, 0.5) is 0 Å². The zero-order valence-electron chi connectivity index (χ0n) is 35.3. The monoisotopic (exact) mass is 835 g/mol. The van der Waals surface area contributed by atoms with Crippen molar-refractivity contribution < 1.29 is 73.8 Å². The number of carbonyl (C=O) groups excluding carboxylic acids is 2. The van der Waals surface area contributed by atoms with E-state index in [1.54, 1.807) is 0 Å². The van der Waals surface area contributed by atoms with Crippen LogP contribution in [0.1, 0.15) is 155 Å². The lowest BCUT2D eigenvalue weighted by molar-refractivity contribution is -0.332. The van der Waals surface area contributed by atoms with Crippen molar-refractivity contribution in [3.05, 3.63) is 12.2 Å². The van der Waals surface area contributed by atoms with E-state index in [9.17, 15) is 45.3 Å². The molecule has 2 aliphatic rings. The Morgan fingerprint density at radius 3 is 1.53 bits per heavy atom. The van der Waals surface area contributed by atoms with E-state index in [1.807, 2.05) is 0 Å². The molecule has 0 saturated carbocycles. The molecule has 0 bridgehead atoms. The van der Waals surface area contributed by atoms with E-state index in [1.165, 1.54) is 57.8 Å². The van der Waals surface area contributed by atoms with Crippen LogP contribution in [0.25, 0.3) is 0 Å². The normalized spacial score (nSPS) is 28.2. The fourth-order valence-electron chi connectivity index (χ4n) is 6.97. The summed E-state index contributed by atoms with van der Waals surface area (Å²) in [6.45, 7) is 2.50. The molecule has 15 heteroatoms. The Kier molecular flexibility index (Phi) is 28.9. The third-order valence-electron chi connectivity index (χ3n) is 10.7. The summed E-state index contributed by atoms with van der Waals surface area (Å²) in [4.78, 5) is 25.5. The summed E-state index contributed by atoms with van der Waals surface area (Å²) in [6, 6.07) is 0. The maximum Gasteiger partial charge on any atom is 0.306 e. The largest absolute Gasteiger partial charge is 0.462 e. The summed E-state index contributed by atoms with van der Waals surface area (Å²) in [5, 5.41) is 71.7. The van der Waals surface area contributed by atoms with Gasteiger partial charge in [0.25, 0.3) is 0 Å². The zero-order valence-corrected chi connectivity index (χ0v) is 35.3. The van der Waals surface area contributed by atoms with Crippen molar-refractivity contribution in [2.45, 2.75) is 223 Å². The van der Waals surface area contributed by atoms with Gasteiger partial charge in [0, 0.05) is 12.8 Å². The molecule has 0 radical (unpaired) electrons. The van der Waals surface area contributed by atoms with E-state index >= 15 is 0 Å². The van der Waals surface area contributed by atoms with Gasteiger partial charge in [-0.3, -0.25) is 9.59 Å². The summed E-state index contributed by atoms with van der Waals surface area (Å²) >= 11 is 0. The van der Waals surface area contributed by atoms with Gasteiger partial charge >= 0.3 is 11.9 Å². The molecular weight excluding hydrogens is 756 g/mol. The molecule has 0 amide bonds. The van der Waals surface area contributed by atoms with Gasteiger partial charge < -0.3 is 64.2 Å². The second-order valence-electron chi connectivity index (χ2n) is 15.9. The lowest BCUT2D eigenvalue weighted by Crippen LogP contribution is -2.61. The molecule has 4 unspecified atom stereocenters. The molecule has 58 heavy (non-hydrogen) atoms. The fraction of sp³-hybridized carbons (Fsp3) is 0.907. The Labute approximate surface area is 346 Å². The number of carbonyl (C=O) groups is 2. The van der Waals surface area contributed by atoms with E-state index in [2.05, 4.69) is 26.0 Å². The lowest BCUT2D eigenvalue weighted by atomic mass is 9.98. The van der Waals surface area contributed by atoms with E-state index < -0.39 is 92.7 Å². The van der Waals surface area contributed by atoms with Gasteiger partial charge in [0.15, 0.2) is 18.7 Å². The van der Waals surface area contributed by atoms with Crippen LogP contribution in [0.5, 0.6) is 0 Å². The average molecular weight is 835 g/mol. The molecule has 0 aromatic heterocycles. The molecule has 2 fully saturated rings. The van der Waals surface area contributed by atoms with E-state index in [4.69, 9.17) is 28.4 Å². The number of ether oxygens (including phenoxy) is 6. The molecule has 2 rings (SSSR count). The van der Waals surface area contributed by atoms with Crippen molar-refractivity contribution >= 4 is 11.9 Å². The summed E-state index contributed by atoms with van der Waals surface area (Å²) in [7, 11) is 0. The topological polar surface area (TPSA) is 231 Å². The Bertz CT molecular complexity index is 1080. The van der Waals surface area contributed by atoms with Crippen LogP contribution in [0.15, 0.2) is 12.2 Å². The Morgan fingerprint density at radius 1 is 0.534 bits per heavy atom. The number of hydrogen-bond donors (Lipinski definition) is 7. The molecule has 7 N–H and O–H groups in total. The van der Waals surface area contributed by atoms with Crippen molar-refractivity contribution in [1.82, 2.24) is 0 Å². The minimum Gasteiger partial charge on any atom is -0.462 e. The maximum absolute atomic E-state index is 12.8. The maximum atomic E-state index is 12.8. The predicted octanol–water partition coefficient (Wildman–Crippen LogP) is 4.26. The van der Waals surface area contributed by atoms with Crippen LogP contribution >= 0.6 is 0 Å². The highest BCUT2D eigenvalue weighted by molar-refractivity contribution is 5.70. The van der Waals surface area contributed by atoms with Crippen LogP contribution in [-0.2, 0) is 38.0 Å². The fourth-order valence-corrected chi connectivity index (χ4v) is 6.97. The first-order valence-electron chi connectivity index (χ1n) is 22.3. The second-order valence-corrected chi connectivity index (χ2v) is 15.9. The molecule has 340 valence electrons. The Balaban J connectivity index is 1.83. The number of unbranched alkanes of at least 4 members (excludes halogenated alkanes) is 17. The molecule has 2 aliphatic heterocycles. The van der Waals surface area contributed by atoms with Gasteiger partial charge in [0.2, 0.25) is 0 Å². The molecule has 2 saturated heterocycles. The minimum absolute atomic E-state index is 0.166. The van der Waals surface area contributed by atoms with Crippen molar-refractivity contribution in [1.29, 1.82) is 0 Å². The van der Waals surface area contributed by atoms with Gasteiger partial charge in [-0.1, -0.05) is 116 Å². The standard InChI is InChI=1S/C43H78O15/c1-3-5-7-9-11-12-13-14-15-16-17-18-20-21-23-25-34(45)53-28-31(56-35(46)26-24-22-19-10-8-6-4-2)29-54-42-41(52)39(50)37(48)33(58-42)30-55-43-40(51)38(49)36(47)32(27-44)57-43/h12-13,31-33,36-44,47-52H,3-11,14-30H2,1-2H3/b13-12+/t31-,32-,33-,36+,37+,38?,39?,40?,41?,42-,43-/m1/s1. The summed E-state index contributed by atoms with van der Waals surface area (Å²) in [6.07, 6.45) is 10.0. The van der Waals surface area contributed by atoms with E-state index in [0.717, 1.165) is 57.8 Å². The van der Waals surface area contributed by atoms with Crippen LogP contribution in [-0.4, -0.2) is 142 Å². The highest BCUT2D eigenvalue weighted by atomic mass is 16.7. The zero-order chi connectivity index (χ0) is 42.5. The van der Waals surface area contributed by atoms with Crippen LogP contribution in [0.2, 0.25) is 0 Å². The van der Waals surface area contributed by atoms with Gasteiger partial charge in [0.1, 0.15) is 55.4 Å². The first-order chi connectivity index (χ1) is 28.0. The third-order valence-corrected chi connectivity index (χ3v) is 10.7. The van der Waals surface area contributed by atoms with Crippen molar-refractivity contribution in [2.24, 2.45) is 0 Å². The molecule has 0 aliphatic carbocycles. The molecule has 0 aromatic carbocycles. The number of allylic oxidation sites excluding steroid dienone is 2. The van der Waals surface area contributed by atoms with Gasteiger partial charge in [-0.05, 0) is 38.5 Å². The minimum atomic E-state index is -1.76.